The Kier molecular flexibility index (Phi) is 4.51. The van der Waals surface area contributed by atoms with Crippen molar-refractivity contribution >= 4 is 11.3 Å². The third-order valence-electron chi connectivity index (χ3n) is 5.66. The normalized spacial score (nSPS) is 26.4. The third-order valence-corrected chi connectivity index (χ3v) is 6.51. The van der Waals surface area contributed by atoms with Crippen molar-refractivity contribution in [3.8, 4) is 27.2 Å². The SMILES string of the molecule is Cc1ccn(-c2ccc(-c3nnc(OC4CC5CCC(F)(CN5)C4)s3)c(O)c2)n1. The molecule has 2 aliphatic heterocycles. The number of halogens is 1. The molecule has 3 fully saturated rings. The van der Waals surface area contributed by atoms with Gasteiger partial charge in [0.05, 0.1) is 16.9 Å². The number of aromatic nitrogens is 4. The summed E-state index contributed by atoms with van der Waals surface area (Å²) in [5, 5.41) is 27.3. The molecule has 29 heavy (non-hydrogen) atoms. The van der Waals surface area contributed by atoms with Crippen LogP contribution in [0.3, 0.4) is 0 Å². The van der Waals surface area contributed by atoms with Gasteiger partial charge < -0.3 is 15.2 Å². The van der Waals surface area contributed by atoms with Crippen LogP contribution in [-0.4, -0.2) is 49.4 Å². The number of nitrogens with zero attached hydrogens (tertiary/aromatic N) is 4. The van der Waals surface area contributed by atoms with E-state index in [1.165, 1.54) is 11.3 Å². The van der Waals surface area contributed by atoms with Crippen molar-refractivity contribution in [1.82, 2.24) is 25.3 Å². The van der Waals surface area contributed by atoms with E-state index in [2.05, 4.69) is 20.6 Å². The van der Waals surface area contributed by atoms with Crippen molar-refractivity contribution in [3.05, 3.63) is 36.2 Å². The fourth-order valence-electron chi connectivity index (χ4n) is 4.14. The van der Waals surface area contributed by atoms with E-state index in [-0.39, 0.29) is 11.9 Å². The first-order chi connectivity index (χ1) is 14.0. The predicted octanol–water partition coefficient (Wildman–Crippen LogP) is 3.41. The Morgan fingerprint density at radius 2 is 2.24 bits per heavy atom. The molecule has 152 valence electrons. The Balaban J connectivity index is 1.33. The first-order valence-electron chi connectivity index (χ1n) is 9.76. The summed E-state index contributed by atoms with van der Waals surface area (Å²) in [5.74, 6) is 0.0952. The molecule has 6 rings (SSSR count). The predicted molar refractivity (Wildman–Crippen MR) is 107 cm³/mol. The quantitative estimate of drug-likeness (QED) is 0.679. The third kappa shape index (κ3) is 3.72. The number of phenolic OH excluding ortho intramolecular Hbond substituents is 1. The number of alkyl halides is 1. The highest BCUT2D eigenvalue weighted by Gasteiger charge is 2.43. The molecule has 3 aliphatic rings. The van der Waals surface area contributed by atoms with Crippen LogP contribution in [0, 0.1) is 6.92 Å². The molecule has 1 aromatic carbocycles. The molecule has 0 amide bonds. The molecule has 0 radical (unpaired) electrons. The van der Waals surface area contributed by atoms with Gasteiger partial charge in [0.2, 0.25) is 0 Å². The standard InChI is InChI=1S/C20H22FN5O2S/c1-12-5-7-26(25-12)14-2-3-16(17(27)9-14)18-23-24-19(29-18)28-15-8-13-4-6-20(21,10-15)11-22-13/h2-3,5,7,9,13,15,22,27H,4,6,8,10-11H2,1H3. The van der Waals surface area contributed by atoms with Crippen LogP contribution in [-0.2, 0) is 0 Å². The average molecular weight is 415 g/mol. The van der Waals surface area contributed by atoms with Gasteiger partial charge in [-0.15, -0.1) is 5.10 Å². The zero-order chi connectivity index (χ0) is 20.0. The summed E-state index contributed by atoms with van der Waals surface area (Å²) in [4.78, 5) is 0. The van der Waals surface area contributed by atoms with Crippen LogP contribution in [0.15, 0.2) is 30.5 Å². The lowest BCUT2D eigenvalue weighted by Crippen LogP contribution is -2.44. The topological polar surface area (TPSA) is 85.1 Å². The summed E-state index contributed by atoms with van der Waals surface area (Å²) in [5.41, 5.74) is 1.03. The first kappa shape index (κ1) is 18.5. The molecule has 2 N–H and O–H groups in total. The van der Waals surface area contributed by atoms with Gasteiger partial charge in [-0.05, 0) is 44.4 Å². The van der Waals surface area contributed by atoms with Gasteiger partial charge in [0, 0.05) is 31.3 Å². The number of fused-ring (bicyclic) bond motifs is 4. The molecule has 4 heterocycles. The van der Waals surface area contributed by atoms with Crippen molar-refractivity contribution < 1.29 is 14.2 Å². The van der Waals surface area contributed by atoms with Crippen LogP contribution < -0.4 is 10.1 Å². The van der Waals surface area contributed by atoms with Gasteiger partial charge in [0.25, 0.3) is 5.19 Å². The lowest BCUT2D eigenvalue weighted by atomic mass is 9.93. The lowest BCUT2D eigenvalue weighted by Gasteiger charge is -2.30. The van der Waals surface area contributed by atoms with Gasteiger partial charge in [-0.25, -0.2) is 9.07 Å². The minimum Gasteiger partial charge on any atom is -0.507 e. The van der Waals surface area contributed by atoms with Crippen molar-refractivity contribution in [2.45, 2.75) is 50.4 Å². The minimum atomic E-state index is -1.20. The first-order valence-corrected chi connectivity index (χ1v) is 10.6. The molecule has 2 bridgehead atoms. The van der Waals surface area contributed by atoms with Gasteiger partial charge in [0.1, 0.15) is 17.5 Å². The maximum atomic E-state index is 14.8. The smallest absolute Gasteiger partial charge is 0.294 e. The van der Waals surface area contributed by atoms with Crippen LogP contribution in [0.5, 0.6) is 10.9 Å². The van der Waals surface area contributed by atoms with E-state index >= 15 is 0 Å². The molecular formula is C20H22FN5O2S. The number of phenols is 1. The van der Waals surface area contributed by atoms with E-state index in [1.807, 2.05) is 25.3 Å². The van der Waals surface area contributed by atoms with Gasteiger partial charge in [-0.2, -0.15) is 5.10 Å². The fourth-order valence-corrected chi connectivity index (χ4v) is 4.93. The molecule has 0 spiro atoms. The monoisotopic (exact) mass is 415 g/mol. The zero-order valence-corrected chi connectivity index (χ0v) is 16.8. The van der Waals surface area contributed by atoms with Gasteiger partial charge in [-0.1, -0.05) is 16.4 Å². The number of hydrogen-bond donors (Lipinski definition) is 2. The lowest BCUT2D eigenvalue weighted by molar-refractivity contribution is 0.0809. The second-order valence-corrected chi connectivity index (χ2v) is 8.86. The van der Waals surface area contributed by atoms with E-state index in [1.54, 1.807) is 16.8 Å². The maximum absolute atomic E-state index is 14.8. The zero-order valence-electron chi connectivity index (χ0n) is 16.0. The summed E-state index contributed by atoms with van der Waals surface area (Å²) in [6.07, 6.45) is 4.18. The highest BCUT2D eigenvalue weighted by Crippen LogP contribution is 2.39. The van der Waals surface area contributed by atoms with Crippen molar-refractivity contribution in [2.24, 2.45) is 0 Å². The number of rotatable bonds is 4. The molecule has 2 aromatic heterocycles. The molecule has 1 aliphatic carbocycles. The van der Waals surface area contributed by atoms with Gasteiger partial charge in [0.15, 0.2) is 5.01 Å². The summed E-state index contributed by atoms with van der Waals surface area (Å²) < 4.78 is 22.5. The molecule has 3 atom stereocenters. The highest BCUT2D eigenvalue weighted by atomic mass is 32.1. The molecule has 3 unspecified atom stereocenters. The van der Waals surface area contributed by atoms with Crippen LogP contribution in [0.2, 0.25) is 0 Å². The summed E-state index contributed by atoms with van der Waals surface area (Å²) in [7, 11) is 0. The molecule has 9 heteroatoms. The second kappa shape index (κ2) is 7.07. The van der Waals surface area contributed by atoms with Crippen LogP contribution in [0.25, 0.3) is 16.3 Å². The number of ether oxygens (including phenoxy) is 1. The number of aryl methyl sites for hydroxylation is 1. The van der Waals surface area contributed by atoms with Crippen molar-refractivity contribution in [3.63, 3.8) is 0 Å². The molecule has 2 saturated heterocycles. The molecular weight excluding hydrogens is 393 g/mol. The Labute approximate surface area is 171 Å². The van der Waals surface area contributed by atoms with Gasteiger partial charge >= 0.3 is 0 Å². The van der Waals surface area contributed by atoms with Gasteiger partial charge in [-0.3, -0.25) is 0 Å². The van der Waals surface area contributed by atoms with Crippen LogP contribution in [0.4, 0.5) is 4.39 Å². The summed E-state index contributed by atoms with van der Waals surface area (Å²) in [6, 6.07) is 7.49. The Morgan fingerprint density at radius 1 is 1.34 bits per heavy atom. The summed E-state index contributed by atoms with van der Waals surface area (Å²) >= 11 is 1.26. The number of piperidine rings is 1. The number of benzene rings is 1. The summed E-state index contributed by atoms with van der Waals surface area (Å²) in [6.45, 7) is 2.31. The van der Waals surface area contributed by atoms with E-state index in [0.29, 0.717) is 41.2 Å². The Morgan fingerprint density at radius 3 is 2.97 bits per heavy atom. The van der Waals surface area contributed by atoms with E-state index < -0.39 is 5.67 Å². The maximum Gasteiger partial charge on any atom is 0.294 e. The van der Waals surface area contributed by atoms with E-state index in [9.17, 15) is 9.50 Å². The van der Waals surface area contributed by atoms with E-state index in [0.717, 1.165) is 24.2 Å². The fraction of sp³-hybridized carbons (Fsp3) is 0.450. The molecule has 7 nitrogen and oxygen atoms in total. The number of hydrogen-bond acceptors (Lipinski definition) is 7. The van der Waals surface area contributed by atoms with Crippen LogP contribution in [0.1, 0.15) is 31.4 Å². The molecule has 1 saturated carbocycles. The number of nitrogens with one attached hydrogen (secondary N) is 1. The minimum absolute atomic E-state index is 0.0952. The van der Waals surface area contributed by atoms with E-state index in [4.69, 9.17) is 4.74 Å². The molecule has 3 aromatic rings. The van der Waals surface area contributed by atoms with Crippen molar-refractivity contribution in [1.29, 1.82) is 0 Å². The second-order valence-electron chi connectivity index (χ2n) is 7.92. The van der Waals surface area contributed by atoms with Crippen molar-refractivity contribution in [2.75, 3.05) is 6.54 Å². The highest BCUT2D eigenvalue weighted by molar-refractivity contribution is 7.16. The Bertz CT molecular complexity index is 1030. The largest absolute Gasteiger partial charge is 0.507 e. The van der Waals surface area contributed by atoms with Crippen LogP contribution >= 0.6 is 11.3 Å². The average Bonchev–Trinajstić information content (AvgIpc) is 3.25. The number of aromatic hydroxyl groups is 1. The Hall–Kier alpha value is -2.52.